The molecule has 25 heavy (non-hydrogen) atoms. The molecule has 0 bridgehead atoms. The number of amides is 1. The largest absolute Gasteiger partial charge is 0.272 e. The zero-order valence-corrected chi connectivity index (χ0v) is 15.9. The van der Waals surface area contributed by atoms with Gasteiger partial charge in [0.05, 0.1) is 6.26 Å². The molecule has 2 rings (SSSR count). The second kappa shape index (κ2) is 7.89. The summed E-state index contributed by atoms with van der Waals surface area (Å²) in [6, 6.07) is 18.7. The molecule has 0 heterocycles. The predicted molar refractivity (Wildman–Crippen MR) is 103 cm³/mol. The van der Waals surface area contributed by atoms with E-state index in [9.17, 15) is 13.2 Å². The predicted octanol–water partition coefficient (Wildman–Crippen LogP) is 3.67. The van der Waals surface area contributed by atoms with Gasteiger partial charge < -0.3 is 0 Å². The Morgan fingerprint density at radius 1 is 1.12 bits per heavy atom. The van der Waals surface area contributed by atoms with Gasteiger partial charge in [0.25, 0.3) is 5.91 Å². The summed E-state index contributed by atoms with van der Waals surface area (Å²) in [5.74, 6) is -0.491. The van der Waals surface area contributed by atoms with E-state index in [0.717, 1.165) is 21.0 Å². The molecule has 0 aliphatic carbocycles. The summed E-state index contributed by atoms with van der Waals surface area (Å²) in [6.07, 6.45) is 2.98. The second-order valence-electron chi connectivity index (χ2n) is 5.64. The Balaban J connectivity index is 2.63. The third-order valence-electron chi connectivity index (χ3n) is 3.84. The molecule has 4 nitrogen and oxygen atoms in total. The Hall–Kier alpha value is -2.05. The number of benzene rings is 2. The number of carbonyl (C=O) groups excluding carboxylic acids is 1. The SMILES string of the molecule is C=CCC(Sc1ccccc1)(C(=O)N(C)S(C)(=O)=O)c1ccccc1. The summed E-state index contributed by atoms with van der Waals surface area (Å²) in [5.41, 5.74) is 0.740. The topological polar surface area (TPSA) is 54.5 Å². The van der Waals surface area contributed by atoms with E-state index in [1.807, 2.05) is 60.7 Å². The van der Waals surface area contributed by atoms with Gasteiger partial charge in [-0.25, -0.2) is 12.7 Å². The lowest BCUT2D eigenvalue weighted by Crippen LogP contribution is -2.45. The monoisotopic (exact) mass is 375 g/mol. The van der Waals surface area contributed by atoms with Crippen molar-refractivity contribution in [1.82, 2.24) is 4.31 Å². The zero-order valence-electron chi connectivity index (χ0n) is 14.3. The summed E-state index contributed by atoms with van der Waals surface area (Å²) >= 11 is 1.34. The van der Waals surface area contributed by atoms with E-state index in [0.29, 0.717) is 6.42 Å². The lowest BCUT2D eigenvalue weighted by molar-refractivity contribution is -0.128. The van der Waals surface area contributed by atoms with Gasteiger partial charge in [0.15, 0.2) is 0 Å². The van der Waals surface area contributed by atoms with Gasteiger partial charge >= 0.3 is 0 Å². The summed E-state index contributed by atoms with van der Waals surface area (Å²) < 4.78 is 23.7. The highest BCUT2D eigenvalue weighted by atomic mass is 32.2. The van der Waals surface area contributed by atoms with Crippen LogP contribution in [-0.4, -0.2) is 31.9 Å². The molecule has 0 aromatic heterocycles. The molecule has 0 spiro atoms. The molecule has 1 atom stereocenters. The number of carbonyl (C=O) groups is 1. The normalized spacial score (nSPS) is 13.7. The molecule has 1 unspecified atom stereocenters. The molecule has 1 amide bonds. The average Bonchev–Trinajstić information content (AvgIpc) is 2.61. The molecular formula is C19H21NO3S2. The van der Waals surface area contributed by atoms with Crippen LogP contribution in [0.4, 0.5) is 0 Å². The van der Waals surface area contributed by atoms with Crippen LogP contribution in [-0.2, 0) is 19.6 Å². The van der Waals surface area contributed by atoms with Crippen LogP contribution >= 0.6 is 11.8 Å². The van der Waals surface area contributed by atoms with Crippen molar-refractivity contribution in [2.75, 3.05) is 13.3 Å². The minimum Gasteiger partial charge on any atom is -0.272 e. The smallest absolute Gasteiger partial charge is 0.257 e. The minimum absolute atomic E-state index is 0.301. The summed E-state index contributed by atoms with van der Waals surface area (Å²) in [5, 5.41) is 0. The zero-order chi connectivity index (χ0) is 18.5. The highest BCUT2D eigenvalue weighted by Crippen LogP contribution is 2.46. The minimum atomic E-state index is -3.67. The van der Waals surface area contributed by atoms with Gasteiger partial charge in [-0.2, -0.15) is 0 Å². The Morgan fingerprint density at radius 3 is 2.12 bits per heavy atom. The Labute approximate surface area is 153 Å². The van der Waals surface area contributed by atoms with Crippen molar-refractivity contribution in [3.05, 3.63) is 78.9 Å². The standard InChI is InChI=1S/C19H21NO3S2/c1-4-15-19(16-11-7-5-8-12-16,18(21)20(2)25(3,22)23)24-17-13-9-6-10-14-17/h4-14H,1,15H2,2-3H3. The first-order valence-electron chi connectivity index (χ1n) is 7.70. The van der Waals surface area contributed by atoms with Gasteiger partial charge in [-0.3, -0.25) is 4.79 Å². The van der Waals surface area contributed by atoms with Crippen molar-refractivity contribution in [2.45, 2.75) is 16.1 Å². The third-order valence-corrected chi connectivity index (χ3v) is 6.43. The molecule has 0 aliphatic heterocycles. The fourth-order valence-corrected chi connectivity index (χ4v) is 4.37. The van der Waals surface area contributed by atoms with Crippen LogP contribution in [0.2, 0.25) is 0 Å². The van der Waals surface area contributed by atoms with E-state index >= 15 is 0 Å². The van der Waals surface area contributed by atoms with Gasteiger partial charge in [0.1, 0.15) is 4.75 Å². The number of hydrogen-bond donors (Lipinski definition) is 0. The first-order valence-corrected chi connectivity index (χ1v) is 10.4. The van der Waals surface area contributed by atoms with Crippen molar-refractivity contribution < 1.29 is 13.2 Å². The molecule has 6 heteroatoms. The summed E-state index contributed by atoms with van der Waals surface area (Å²) in [6.45, 7) is 3.78. The van der Waals surface area contributed by atoms with Gasteiger partial charge in [-0.05, 0) is 24.1 Å². The fourth-order valence-electron chi connectivity index (χ4n) is 2.48. The van der Waals surface area contributed by atoms with E-state index < -0.39 is 20.7 Å². The molecule has 2 aromatic rings. The maximum atomic E-state index is 13.3. The van der Waals surface area contributed by atoms with Gasteiger partial charge in [0.2, 0.25) is 10.0 Å². The first kappa shape index (κ1) is 19.3. The van der Waals surface area contributed by atoms with Crippen LogP contribution < -0.4 is 0 Å². The second-order valence-corrected chi connectivity index (χ2v) is 9.02. The molecule has 2 aromatic carbocycles. The van der Waals surface area contributed by atoms with Crippen molar-refractivity contribution in [2.24, 2.45) is 0 Å². The highest BCUT2D eigenvalue weighted by molar-refractivity contribution is 8.01. The van der Waals surface area contributed by atoms with Crippen molar-refractivity contribution in [3.63, 3.8) is 0 Å². The van der Waals surface area contributed by atoms with Crippen LogP contribution in [0.25, 0.3) is 0 Å². The highest BCUT2D eigenvalue weighted by Gasteiger charge is 2.44. The number of allylic oxidation sites excluding steroid dienone is 1. The maximum Gasteiger partial charge on any atom is 0.257 e. The lowest BCUT2D eigenvalue weighted by Gasteiger charge is -2.34. The van der Waals surface area contributed by atoms with Crippen LogP contribution in [0, 0.1) is 0 Å². The van der Waals surface area contributed by atoms with E-state index in [4.69, 9.17) is 0 Å². The van der Waals surface area contributed by atoms with Crippen molar-refractivity contribution >= 4 is 27.7 Å². The molecule has 0 radical (unpaired) electrons. The summed E-state index contributed by atoms with van der Waals surface area (Å²) in [7, 11) is -2.37. The van der Waals surface area contributed by atoms with Crippen LogP contribution in [0.15, 0.2) is 78.2 Å². The van der Waals surface area contributed by atoms with E-state index in [1.54, 1.807) is 6.08 Å². The Kier molecular flexibility index (Phi) is 6.08. The number of rotatable bonds is 7. The summed E-state index contributed by atoms with van der Waals surface area (Å²) in [4.78, 5) is 14.2. The fraction of sp³-hybridized carbons (Fsp3) is 0.211. The van der Waals surface area contributed by atoms with Crippen LogP contribution in [0.1, 0.15) is 12.0 Å². The average molecular weight is 376 g/mol. The van der Waals surface area contributed by atoms with Gasteiger partial charge in [0, 0.05) is 11.9 Å². The molecular weight excluding hydrogens is 354 g/mol. The number of sulfonamides is 1. The number of likely N-dealkylation sites (N-methyl/N-ethyl adjacent to an activating group) is 1. The molecule has 0 saturated heterocycles. The number of nitrogens with zero attached hydrogens (tertiary/aromatic N) is 1. The molecule has 0 aliphatic rings. The maximum absolute atomic E-state index is 13.3. The van der Waals surface area contributed by atoms with Gasteiger partial charge in [-0.1, -0.05) is 54.6 Å². The first-order chi connectivity index (χ1) is 11.8. The van der Waals surface area contributed by atoms with E-state index in [1.165, 1.54) is 18.8 Å². The van der Waals surface area contributed by atoms with Crippen LogP contribution in [0.3, 0.4) is 0 Å². The van der Waals surface area contributed by atoms with Crippen LogP contribution in [0.5, 0.6) is 0 Å². The van der Waals surface area contributed by atoms with E-state index in [2.05, 4.69) is 6.58 Å². The number of hydrogen-bond acceptors (Lipinski definition) is 4. The Bertz CT molecular complexity index is 835. The molecule has 0 saturated carbocycles. The van der Waals surface area contributed by atoms with Crippen molar-refractivity contribution in [3.8, 4) is 0 Å². The molecule has 132 valence electrons. The lowest BCUT2D eigenvalue weighted by atomic mass is 9.93. The molecule has 0 fully saturated rings. The Morgan fingerprint density at radius 2 is 1.64 bits per heavy atom. The van der Waals surface area contributed by atoms with Crippen molar-refractivity contribution in [1.29, 1.82) is 0 Å². The van der Waals surface area contributed by atoms with Gasteiger partial charge in [-0.15, -0.1) is 18.3 Å². The third kappa shape index (κ3) is 4.32. The molecule has 0 N–H and O–H groups in total. The van der Waals surface area contributed by atoms with E-state index in [-0.39, 0.29) is 0 Å². The number of thioether (sulfide) groups is 1. The quantitative estimate of drug-likeness (QED) is 0.547.